The molecule has 1 atom stereocenters. The van der Waals surface area contributed by atoms with Crippen LogP contribution in [0.1, 0.15) is 6.92 Å². The number of amides is 1. The number of alkyl halides is 3. The quantitative estimate of drug-likeness (QED) is 0.761. The van der Waals surface area contributed by atoms with Gasteiger partial charge in [-0.2, -0.15) is 0 Å². The molecule has 0 unspecified atom stereocenters. The van der Waals surface area contributed by atoms with Crippen LogP contribution in [0.3, 0.4) is 0 Å². The standard InChI is InChI=1S/C17H15F3N2O4S2/c1-10-9-27-15-7-6-13(8-14(15)21-16(10)23)28(24,25)22-11-2-4-12(5-3-11)26-17(18,19)20/h2-8,10,22H,9H2,1H3,(H,21,23)/t10-/m1/s1. The van der Waals surface area contributed by atoms with E-state index in [9.17, 15) is 26.4 Å². The molecule has 0 aliphatic carbocycles. The van der Waals surface area contributed by atoms with Crippen molar-refractivity contribution in [3.63, 3.8) is 0 Å². The maximum absolute atomic E-state index is 12.6. The van der Waals surface area contributed by atoms with Gasteiger partial charge in [0.2, 0.25) is 5.91 Å². The minimum absolute atomic E-state index is 0.0662. The molecule has 0 aromatic heterocycles. The molecule has 2 aromatic rings. The summed E-state index contributed by atoms with van der Waals surface area (Å²) in [6.07, 6.45) is -4.83. The smallest absolute Gasteiger partial charge is 0.406 e. The summed E-state index contributed by atoms with van der Waals surface area (Å²) in [5, 5.41) is 2.70. The van der Waals surface area contributed by atoms with E-state index in [1.165, 1.54) is 23.9 Å². The summed E-state index contributed by atoms with van der Waals surface area (Å²) in [6.45, 7) is 1.78. The average Bonchev–Trinajstić information content (AvgIpc) is 2.73. The molecule has 0 bridgehead atoms. The van der Waals surface area contributed by atoms with Crippen LogP contribution in [-0.4, -0.2) is 26.4 Å². The number of rotatable bonds is 4. The van der Waals surface area contributed by atoms with Crippen molar-refractivity contribution in [3.8, 4) is 5.75 Å². The molecule has 6 nitrogen and oxygen atoms in total. The molecule has 1 aliphatic rings. The Morgan fingerprint density at radius 2 is 1.86 bits per heavy atom. The molecule has 3 rings (SSSR count). The topological polar surface area (TPSA) is 84.5 Å². The van der Waals surface area contributed by atoms with Crippen molar-refractivity contribution in [2.75, 3.05) is 15.8 Å². The number of thioether (sulfide) groups is 1. The average molecular weight is 432 g/mol. The van der Waals surface area contributed by atoms with E-state index >= 15 is 0 Å². The van der Waals surface area contributed by atoms with Gasteiger partial charge in [-0.15, -0.1) is 24.9 Å². The van der Waals surface area contributed by atoms with Crippen molar-refractivity contribution < 1.29 is 31.1 Å². The Balaban J connectivity index is 1.80. The first-order valence-electron chi connectivity index (χ1n) is 8.00. The van der Waals surface area contributed by atoms with Crippen molar-refractivity contribution in [2.24, 2.45) is 5.92 Å². The van der Waals surface area contributed by atoms with Crippen molar-refractivity contribution in [3.05, 3.63) is 42.5 Å². The lowest BCUT2D eigenvalue weighted by molar-refractivity contribution is -0.274. The molecule has 11 heteroatoms. The van der Waals surface area contributed by atoms with Crippen LogP contribution in [0.5, 0.6) is 5.75 Å². The molecule has 0 radical (unpaired) electrons. The van der Waals surface area contributed by atoms with Crippen LogP contribution in [0.15, 0.2) is 52.3 Å². The minimum atomic E-state index is -4.83. The number of benzene rings is 2. The fourth-order valence-corrected chi connectivity index (χ4v) is 4.48. The number of halogens is 3. The van der Waals surface area contributed by atoms with Gasteiger partial charge >= 0.3 is 6.36 Å². The number of sulfonamides is 1. The number of hydrogen-bond donors (Lipinski definition) is 2. The van der Waals surface area contributed by atoms with Gasteiger partial charge in [-0.05, 0) is 42.5 Å². The number of ether oxygens (including phenoxy) is 1. The molecule has 1 aliphatic heterocycles. The highest BCUT2D eigenvalue weighted by Gasteiger charge is 2.31. The monoisotopic (exact) mass is 432 g/mol. The Hall–Kier alpha value is -2.40. The van der Waals surface area contributed by atoms with Gasteiger partial charge in [0.1, 0.15) is 5.75 Å². The van der Waals surface area contributed by atoms with E-state index in [0.29, 0.717) is 11.4 Å². The van der Waals surface area contributed by atoms with E-state index in [2.05, 4.69) is 14.8 Å². The van der Waals surface area contributed by atoms with Crippen LogP contribution in [-0.2, 0) is 14.8 Å². The molecule has 0 saturated carbocycles. The van der Waals surface area contributed by atoms with E-state index in [0.717, 1.165) is 29.2 Å². The molecule has 1 heterocycles. The molecule has 0 saturated heterocycles. The van der Waals surface area contributed by atoms with Crippen LogP contribution in [0.4, 0.5) is 24.5 Å². The summed E-state index contributed by atoms with van der Waals surface area (Å²) in [6, 6.07) is 8.66. The lowest BCUT2D eigenvalue weighted by Gasteiger charge is -2.12. The summed E-state index contributed by atoms with van der Waals surface area (Å²) in [5.74, 6) is -0.299. The molecule has 150 valence electrons. The largest absolute Gasteiger partial charge is 0.573 e. The van der Waals surface area contributed by atoms with Crippen LogP contribution >= 0.6 is 11.8 Å². The Bertz CT molecular complexity index is 992. The van der Waals surface area contributed by atoms with Crippen LogP contribution in [0.2, 0.25) is 0 Å². The maximum atomic E-state index is 12.6. The minimum Gasteiger partial charge on any atom is -0.406 e. The zero-order valence-corrected chi connectivity index (χ0v) is 16.0. The summed E-state index contributed by atoms with van der Waals surface area (Å²) >= 11 is 1.45. The first-order chi connectivity index (χ1) is 13.0. The molecule has 0 spiro atoms. The van der Waals surface area contributed by atoms with E-state index in [-0.39, 0.29) is 22.4 Å². The fraction of sp³-hybridized carbons (Fsp3) is 0.235. The lowest BCUT2D eigenvalue weighted by atomic mass is 10.2. The third-order valence-electron chi connectivity index (χ3n) is 3.80. The molecular formula is C17H15F3N2O4S2. The number of carbonyl (C=O) groups is 1. The fourth-order valence-electron chi connectivity index (χ4n) is 2.38. The van der Waals surface area contributed by atoms with Gasteiger partial charge in [-0.25, -0.2) is 8.42 Å². The lowest BCUT2D eigenvalue weighted by Crippen LogP contribution is -2.20. The summed E-state index contributed by atoms with van der Waals surface area (Å²) in [4.78, 5) is 12.6. The zero-order valence-electron chi connectivity index (χ0n) is 14.4. The van der Waals surface area contributed by atoms with Gasteiger partial charge in [0.05, 0.1) is 10.6 Å². The van der Waals surface area contributed by atoms with Crippen molar-refractivity contribution in [1.29, 1.82) is 0 Å². The van der Waals surface area contributed by atoms with Gasteiger partial charge in [0, 0.05) is 22.3 Å². The van der Waals surface area contributed by atoms with E-state index in [1.54, 1.807) is 13.0 Å². The Morgan fingerprint density at radius 3 is 2.50 bits per heavy atom. The highest BCUT2D eigenvalue weighted by molar-refractivity contribution is 7.99. The summed E-state index contributed by atoms with van der Waals surface area (Å²) in [7, 11) is -4.01. The van der Waals surface area contributed by atoms with Gasteiger partial charge in [-0.1, -0.05) is 6.92 Å². The van der Waals surface area contributed by atoms with E-state index in [4.69, 9.17) is 0 Å². The second-order valence-electron chi connectivity index (χ2n) is 6.04. The first-order valence-corrected chi connectivity index (χ1v) is 10.5. The van der Waals surface area contributed by atoms with E-state index in [1.807, 2.05) is 0 Å². The SMILES string of the molecule is C[C@@H]1CSc2ccc(S(=O)(=O)Nc3ccc(OC(F)(F)F)cc3)cc2NC1=O. The van der Waals surface area contributed by atoms with Crippen LogP contribution in [0.25, 0.3) is 0 Å². The van der Waals surface area contributed by atoms with Crippen molar-refractivity contribution >= 4 is 39.1 Å². The predicted molar refractivity (Wildman–Crippen MR) is 98.9 cm³/mol. The third-order valence-corrected chi connectivity index (χ3v) is 6.51. The Kier molecular flexibility index (Phi) is 5.48. The predicted octanol–water partition coefficient (Wildman–Crippen LogP) is 4.07. The Labute approximate surface area is 163 Å². The number of hydrogen-bond acceptors (Lipinski definition) is 5. The van der Waals surface area contributed by atoms with Gasteiger partial charge in [-0.3, -0.25) is 9.52 Å². The van der Waals surface area contributed by atoms with Crippen LogP contribution < -0.4 is 14.8 Å². The normalized spacial score (nSPS) is 17.3. The number of nitrogens with one attached hydrogen (secondary N) is 2. The molecular weight excluding hydrogens is 417 g/mol. The van der Waals surface area contributed by atoms with Crippen molar-refractivity contribution in [2.45, 2.75) is 23.1 Å². The zero-order chi connectivity index (χ0) is 20.5. The maximum Gasteiger partial charge on any atom is 0.573 e. The molecule has 1 amide bonds. The van der Waals surface area contributed by atoms with Gasteiger partial charge in [0.15, 0.2) is 0 Å². The van der Waals surface area contributed by atoms with E-state index < -0.39 is 22.1 Å². The second-order valence-corrected chi connectivity index (χ2v) is 8.78. The number of carbonyl (C=O) groups excluding carboxylic acids is 1. The number of anilines is 2. The highest BCUT2D eigenvalue weighted by Crippen LogP contribution is 2.34. The first kappa shape index (κ1) is 20.3. The Morgan fingerprint density at radius 1 is 1.18 bits per heavy atom. The van der Waals surface area contributed by atoms with Gasteiger partial charge in [0.25, 0.3) is 10.0 Å². The molecule has 28 heavy (non-hydrogen) atoms. The molecule has 0 fully saturated rings. The number of fused-ring (bicyclic) bond motifs is 1. The summed E-state index contributed by atoms with van der Waals surface area (Å²) in [5.41, 5.74) is 0.465. The van der Waals surface area contributed by atoms with Crippen molar-refractivity contribution in [1.82, 2.24) is 0 Å². The summed E-state index contributed by atoms with van der Waals surface area (Å²) < 4.78 is 67.8. The molecule has 2 aromatic carbocycles. The molecule has 2 N–H and O–H groups in total. The van der Waals surface area contributed by atoms with Gasteiger partial charge < -0.3 is 10.1 Å². The third kappa shape index (κ3) is 4.90. The van der Waals surface area contributed by atoms with Crippen LogP contribution in [0, 0.1) is 5.92 Å². The second kappa shape index (κ2) is 7.55. The highest BCUT2D eigenvalue weighted by atomic mass is 32.2.